The first kappa shape index (κ1) is 23.9. The van der Waals surface area contributed by atoms with Gasteiger partial charge in [-0.15, -0.1) is 10.2 Å². The van der Waals surface area contributed by atoms with Crippen molar-refractivity contribution in [1.29, 1.82) is 0 Å². The number of hydrogen-bond donors (Lipinski definition) is 2. The number of fused-ring (bicyclic) bond motifs is 2. The van der Waals surface area contributed by atoms with Gasteiger partial charge < -0.3 is 15.4 Å². The molecule has 6 rings (SSSR count). The minimum atomic E-state index is -2.58. The summed E-state index contributed by atoms with van der Waals surface area (Å²) in [5, 5.41) is 18.6. The normalized spacial score (nSPS) is 23.1. The van der Waals surface area contributed by atoms with Gasteiger partial charge in [-0.3, -0.25) is 4.90 Å². The van der Waals surface area contributed by atoms with E-state index in [9.17, 15) is 8.78 Å². The fraction of sp³-hybridized carbons (Fsp3) is 0.522. The van der Waals surface area contributed by atoms with Crippen LogP contribution in [0.2, 0.25) is 0 Å². The Morgan fingerprint density at radius 2 is 2.05 bits per heavy atom. The minimum absolute atomic E-state index is 0.268. The van der Waals surface area contributed by atoms with Gasteiger partial charge >= 0.3 is 0 Å². The van der Waals surface area contributed by atoms with Crippen molar-refractivity contribution in [2.75, 3.05) is 44.0 Å². The molecule has 2 saturated heterocycles. The smallest absolute Gasteiger partial charge is 0.258 e. The second kappa shape index (κ2) is 9.10. The maximum Gasteiger partial charge on any atom is 0.258 e. The molecule has 37 heavy (non-hydrogen) atoms. The summed E-state index contributed by atoms with van der Waals surface area (Å²) < 4.78 is 49.5. The first-order valence-electron chi connectivity index (χ1n) is 12.2. The third-order valence-electron chi connectivity index (χ3n) is 7.08. The van der Waals surface area contributed by atoms with Crippen LogP contribution < -0.4 is 10.6 Å². The molecule has 0 unspecified atom stereocenters. The van der Waals surface area contributed by atoms with E-state index >= 15 is 4.39 Å². The predicted molar refractivity (Wildman–Crippen MR) is 131 cm³/mol. The highest BCUT2D eigenvalue weighted by atomic mass is 19.3. The van der Waals surface area contributed by atoms with Gasteiger partial charge in [0.2, 0.25) is 5.95 Å². The fourth-order valence-corrected chi connectivity index (χ4v) is 5.03. The highest BCUT2D eigenvalue weighted by Crippen LogP contribution is 2.32. The van der Waals surface area contributed by atoms with Crippen LogP contribution in [0.3, 0.4) is 0 Å². The zero-order valence-corrected chi connectivity index (χ0v) is 20.4. The van der Waals surface area contributed by atoms with Gasteiger partial charge in [0.25, 0.3) is 6.43 Å². The Kier molecular flexibility index (Phi) is 5.87. The summed E-state index contributed by atoms with van der Waals surface area (Å²) in [4.78, 5) is 11.3. The van der Waals surface area contributed by atoms with Crippen LogP contribution in [0.4, 0.5) is 24.9 Å². The van der Waals surface area contributed by atoms with E-state index in [0.717, 1.165) is 11.2 Å². The third kappa shape index (κ3) is 4.33. The Hall–Kier alpha value is -3.52. The van der Waals surface area contributed by atoms with E-state index in [4.69, 9.17) is 4.74 Å². The zero-order valence-electron chi connectivity index (χ0n) is 20.4. The molecule has 0 spiro atoms. The van der Waals surface area contributed by atoms with Gasteiger partial charge in [-0.2, -0.15) is 4.98 Å². The maximum absolute atomic E-state index is 15.6. The summed E-state index contributed by atoms with van der Waals surface area (Å²) in [5.74, 6) is 0.819. The Bertz CT molecular complexity index is 1430. The molecule has 0 saturated carbocycles. The van der Waals surface area contributed by atoms with E-state index in [1.807, 2.05) is 6.07 Å². The van der Waals surface area contributed by atoms with Crippen LogP contribution in [-0.4, -0.2) is 97.0 Å². The van der Waals surface area contributed by atoms with Gasteiger partial charge in [0.15, 0.2) is 11.5 Å². The molecule has 2 aliphatic heterocycles. The average Bonchev–Trinajstić information content (AvgIpc) is 3.42. The monoisotopic (exact) mass is 516 g/mol. The number of rotatable bonds is 7. The Morgan fingerprint density at radius 1 is 1.22 bits per heavy atom. The Balaban J connectivity index is 1.30. The number of hydrogen-bond acceptors (Lipinski definition) is 9. The zero-order chi connectivity index (χ0) is 25.7. The molecular weight excluding hydrogens is 489 g/mol. The molecular formula is C23H27F3N10O. The second-order valence-electron chi connectivity index (χ2n) is 9.68. The van der Waals surface area contributed by atoms with Crippen LogP contribution in [0.5, 0.6) is 0 Å². The van der Waals surface area contributed by atoms with Crippen molar-refractivity contribution in [2.24, 2.45) is 0 Å². The predicted octanol–water partition coefficient (Wildman–Crippen LogP) is 2.46. The van der Waals surface area contributed by atoms with Gasteiger partial charge in [-0.05, 0) is 31.5 Å². The van der Waals surface area contributed by atoms with Crippen molar-refractivity contribution >= 4 is 28.4 Å². The van der Waals surface area contributed by atoms with Crippen molar-refractivity contribution in [3.63, 3.8) is 0 Å². The van der Waals surface area contributed by atoms with Crippen molar-refractivity contribution in [3.05, 3.63) is 24.4 Å². The molecule has 2 atom stereocenters. The molecule has 6 heterocycles. The summed E-state index contributed by atoms with van der Waals surface area (Å²) in [5.41, 5.74) is 1.11. The number of alkyl halides is 3. The van der Waals surface area contributed by atoms with E-state index in [0.29, 0.717) is 60.2 Å². The lowest BCUT2D eigenvalue weighted by Crippen LogP contribution is -2.61. The molecule has 0 radical (unpaired) electrons. The number of pyridine rings is 1. The lowest BCUT2D eigenvalue weighted by atomic mass is 9.89. The molecule has 0 bridgehead atoms. The van der Waals surface area contributed by atoms with E-state index in [2.05, 4.69) is 40.9 Å². The summed E-state index contributed by atoms with van der Waals surface area (Å²) in [6.07, 6.45) is -0.208. The third-order valence-corrected chi connectivity index (χ3v) is 7.08. The molecule has 0 aliphatic carbocycles. The summed E-state index contributed by atoms with van der Waals surface area (Å²) >= 11 is 0. The lowest BCUT2D eigenvalue weighted by Gasteiger charge is -2.46. The van der Waals surface area contributed by atoms with Gasteiger partial charge in [-0.25, -0.2) is 27.4 Å². The van der Waals surface area contributed by atoms with Crippen LogP contribution in [0.25, 0.3) is 27.9 Å². The van der Waals surface area contributed by atoms with Crippen molar-refractivity contribution in [3.8, 4) is 11.3 Å². The minimum Gasteiger partial charge on any atom is -0.378 e. The lowest BCUT2D eigenvalue weighted by molar-refractivity contribution is -0.0924. The quantitative estimate of drug-likeness (QED) is 0.383. The van der Waals surface area contributed by atoms with Gasteiger partial charge in [0.1, 0.15) is 23.2 Å². The number of aromatic nitrogens is 7. The van der Waals surface area contributed by atoms with Crippen LogP contribution >= 0.6 is 0 Å². The Morgan fingerprint density at radius 3 is 2.76 bits per heavy atom. The first-order chi connectivity index (χ1) is 17.8. The number of likely N-dealkylation sites (tertiary alicyclic amines) is 1. The number of anilines is 2. The maximum atomic E-state index is 15.6. The first-order valence-corrected chi connectivity index (χ1v) is 12.2. The summed E-state index contributed by atoms with van der Waals surface area (Å²) in [7, 11) is 1.74. The van der Waals surface area contributed by atoms with E-state index in [1.54, 1.807) is 36.8 Å². The van der Waals surface area contributed by atoms with Crippen molar-refractivity contribution in [1.82, 2.24) is 39.5 Å². The molecule has 2 N–H and O–H groups in total. The van der Waals surface area contributed by atoms with Crippen LogP contribution in [0.15, 0.2) is 24.4 Å². The van der Waals surface area contributed by atoms with Crippen LogP contribution in [0, 0.1) is 0 Å². The molecule has 2 aliphatic rings. The van der Waals surface area contributed by atoms with Crippen molar-refractivity contribution < 1.29 is 17.9 Å². The standard InChI is InChI=1S/C23H27F3N10O/c1-23(26)12-34(13-10-37-11-13)7-6-17(23)29-22-30-20(27-2)19-14(5-8-35(19)32-22)15-3-4-16-21(28-15)36(33-31-16)9-18(24)25/h3-5,8,13,17-18H,6-7,9-12H2,1-2H3,(H2,27,29,30,32)/t17-,23+/m1/s1. The number of ether oxygens (including phenoxy) is 1. The summed E-state index contributed by atoms with van der Waals surface area (Å²) in [6, 6.07) is 5.10. The molecule has 0 aromatic carbocycles. The Labute approximate surface area is 210 Å². The summed E-state index contributed by atoms with van der Waals surface area (Å²) in [6.45, 7) is 3.41. The molecule has 2 fully saturated rings. The van der Waals surface area contributed by atoms with Crippen molar-refractivity contribution in [2.45, 2.75) is 44.1 Å². The van der Waals surface area contributed by atoms with E-state index in [-0.39, 0.29) is 11.7 Å². The van der Waals surface area contributed by atoms with Crippen LogP contribution in [-0.2, 0) is 11.3 Å². The molecule has 11 nitrogen and oxygen atoms in total. The average molecular weight is 517 g/mol. The number of nitrogens with zero attached hydrogens (tertiary/aromatic N) is 8. The molecule has 0 amide bonds. The molecule has 4 aromatic heterocycles. The molecule has 14 heteroatoms. The SMILES string of the molecule is CNc1nc(N[C@@H]2CCN(C3COC3)C[C@]2(C)F)nn2ccc(-c3ccc4nnn(CC(F)F)c4n3)c12. The molecule has 196 valence electrons. The van der Waals surface area contributed by atoms with Gasteiger partial charge in [-0.1, -0.05) is 5.21 Å². The highest BCUT2D eigenvalue weighted by Gasteiger charge is 2.43. The van der Waals surface area contributed by atoms with E-state index < -0.39 is 24.7 Å². The number of piperidine rings is 1. The van der Waals surface area contributed by atoms with Gasteiger partial charge in [0, 0.05) is 31.9 Å². The number of halogens is 3. The molecule has 4 aromatic rings. The largest absolute Gasteiger partial charge is 0.378 e. The number of nitrogens with one attached hydrogen (secondary N) is 2. The van der Waals surface area contributed by atoms with E-state index in [1.165, 1.54) is 0 Å². The second-order valence-corrected chi connectivity index (χ2v) is 9.68. The van der Waals surface area contributed by atoms with Crippen LogP contribution in [0.1, 0.15) is 13.3 Å². The van der Waals surface area contributed by atoms with Gasteiger partial charge in [0.05, 0.1) is 31.0 Å². The highest BCUT2D eigenvalue weighted by molar-refractivity contribution is 5.89. The topological polar surface area (TPSA) is 110 Å². The fourth-order valence-electron chi connectivity index (χ4n) is 5.03.